The minimum Gasteiger partial charge on any atom is -0.497 e. The summed E-state index contributed by atoms with van der Waals surface area (Å²) in [6.45, 7) is 3.80. The Morgan fingerprint density at radius 1 is 1.32 bits per heavy atom. The average molecular weight is 305 g/mol. The van der Waals surface area contributed by atoms with Crippen LogP contribution in [0.3, 0.4) is 0 Å². The van der Waals surface area contributed by atoms with Gasteiger partial charge in [-0.2, -0.15) is 0 Å². The first-order chi connectivity index (χ1) is 10.4. The lowest BCUT2D eigenvalue weighted by Crippen LogP contribution is -2.41. The zero-order valence-corrected chi connectivity index (χ0v) is 12.8. The van der Waals surface area contributed by atoms with Gasteiger partial charge < -0.3 is 19.6 Å². The summed E-state index contributed by atoms with van der Waals surface area (Å²) in [5, 5.41) is 12.4. The van der Waals surface area contributed by atoms with E-state index in [2.05, 4.69) is 5.32 Å². The highest BCUT2D eigenvalue weighted by atomic mass is 16.5. The molecule has 1 atom stereocenters. The van der Waals surface area contributed by atoms with Crippen LogP contribution in [0.15, 0.2) is 28.7 Å². The predicted molar refractivity (Wildman–Crippen MR) is 81.1 cm³/mol. The van der Waals surface area contributed by atoms with Crippen LogP contribution in [0.25, 0.3) is 11.0 Å². The zero-order chi connectivity index (χ0) is 16.3. The number of carboxylic acid groups (broad SMARTS) is 1. The van der Waals surface area contributed by atoms with Crippen molar-refractivity contribution in [3.63, 3.8) is 0 Å². The normalized spacial score (nSPS) is 12.4. The number of furan rings is 1. The second-order valence-electron chi connectivity index (χ2n) is 5.51. The highest BCUT2D eigenvalue weighted by Crippen LogP contribution is 2.24. The third-order valence-corrected chi connectivity index (χ3v) is 3.26. The molecule has 0 saturated carbocycles. The highest BCUT2D eigenvalue weighted by Gasteiger charge is 2.23. The van der Waals surface area contributed by atoms with E-state index in [1.165, 1.54) is 0 Å². The van der Waals surface area contributed by atoms with Crippen LogP contribution in [0.4, 0.5) is 0 Å². The number of nitrogens with one attached hydrogen (secondary N) is 1. The molecule has 6 heteroatoms. The van der Waals surface area contributed by atoms with E-state index in [4.69, 9.17) is 14.3 Å². The minimum atomic E-state index is -1.06. The fourth-order valence-corrected chi connectivity index (χ4v) is 2.17. The van der Waals surface area contributed by atoms with Crippen molar-refractivity contribution in [3.8, 4) is 5.75 Å². The number of carboxylic acids is 1. The molecule has 1 aromatic carbocycles. The molecule has 0 bridgehead atoms. The summed E-state index contributed by atoms with van der Waals surface area (Å²) >= 11 is 0. The van der Waals surface area contributed by atoms with Crippen molar-refractivity contribution in [3.05, 3.63) is 30.0 Å². The van der Waals surface area contributed by atoms with E-state index in [0.29, 0.717) is 17.8 Å². The van der Waals surface area contributed by atoms with Crippen molar-refractivity contribution in [2.75, 3.05) is 7.11 Å². The monoisotopic (exact) mass is 305 g/mol. The maximum Gasteiger partial charge on any atom is 0.326 e. The summed E-state index contributed by atoms with van der Waals surface area (Å²) in [7, 11) is 1.54. The van der Waals surface area contributed by atoms with Crippen LogP contribution in [0, 0.1) is 5.92 Å². The van der Waals surface area contributed by atoms with Gasteiger partial charge in [0.15, 0.2) is 5.76 Å². The summed E-state index contributed by atoms with van der Waals surface area (Å²) in [5.74, 6) is -0.736. The van der Waals surface area contributed by atoms with Crippen LogP contribution in [-0.4, -0.2) is 30.1 Å². The second kappa shape index (κ2) is 6.51. The molecule has 0 spiro atoms. The summed E-state index contributed by atoms with van der Waals surface area (Å²) in [6, 6.07) is 5.86. The summed E-state index contributed by atoms with van der Waals surface area (Å²) in [5.41, 5.74) is 0.514. The fraction of sp³-hybridized carbons (Fsp3) is 0.375. The van der Waals surface area contributed by atoms with E-state index in [1.807, 2.05) is 13.8 Å². The molecule has 1 heterocycles. The molecule has 1 aromatic heterocycles. The molecule has 0 aliphatic rings. The topological polar surface area (TPSA) is 88.8 Å². The third-order valence-electron chi connectivity index (χ3n) is 3.26. The van der Waals surface area contributed by atoms with Crippen LogP contribution in [0.1, 0.15) is 30.8 Å². The Morgan fingerprint density at radius 3 is 2.64 bits per heavy atom. The Labute approximate surface area is 128 Å². The molecule has 6 nitrogen and oxygen atoms in total. The minimum absolute atomic E-state index is 0.0817. The van der Waals surface area contributed by atoms with Gasteiger partial charge in [0.05, 0.1) is 7.11 Å². The molecule has 118 valence electrons. The van der Waals surface area contributed by atoms with Crippen molar-refractivity contribution in [2.45, 2.75) is 26.3 Å². The standard InChI is InChI=1S/C16H19NO5/c1-9(2)6-12(16(19)20)17-15(18)14-7-10-4-5-11(21-3)8-13(10)22-14/h4-5,7-9,12H,6H2,1-3H3,(H,17,18)(H,19,20). The van der Waals surface area contributed by atoms with Crippen molar-refractivity contribution in [1.82, 2.24) is 5.32 Å². The number of ether oxygens (including phenoxy) is 1. The Bertz CT molecular complexity index is 689. The molecular weight excluding hydrogens is 286 g/mol. The van der Waals surface area contributed by atoms with Gasteiger partial charge in [-0.1, -0.05) is 13.8 Å². The molecule has 0 aliphatic carbocycles. The molecule has 2 rings (SSSR count). The van der Waals surface area contributed by atoms with Gasteiger partial charge in [-0.15, -0.1) is 0 Å². The molecule has 2 N–H and O–H groups in total. The first-order valence-electron chi connectivity index (χ1n) is 7.02. The van der Waals surface area contributed by atoms with Gasteiger partial charge >= 0.3 is 5.97 Å². The third kappa shape index (κ3) is 3.58. The molecule has 0 fully saturated rings. The van der Waals surface area contributed by atoms with Crippen molar-refractivity contribution in [2.24, 2.45) is 5.92 Å². The van der Waals surface area contributed by atoms with E-state index in [-0.39, 0.29) is 11.7 Å². The lowest BCUT2D eigenvalue weighted by molar-refractivity contribution is -0.139. The number of rotatable bonds is 6. The first-order valence-corrected chi connectivity index (χ1v) is 7.02. The molecule has 1 unspecified atom stereocenters. The maximum absolute atomic E-state index is 12.2. The van der Waals surface area contributed by atoms with Crippen LogP contribution >= 0.6 is 0 Å². The SMILES string of the molecule is COc1ccc2cc(C(=O)NC(CC(C)C)C(=O)O)oc2c1. The van der Waals surface area contributed by atoms with Crippen molar-refractivity contribution < 1.29 is 23.8 Å². The van der Waals surface area contributed by atoms with Crippen LogP contribution in [-0.2, 0) is 4.79 Å². The number of carbonyl (C=O) groups is 2. The van der Waals surface area contributed by atoms with Gasteiger partial charge in [0.2, 0.25) is 0 Å². The number of hydrogen-bond acceptors (Lipinski definition) is 4. The van der Waals surface area contributed by atoms with Crippen LogP contribution in [0.2, 0.25) is 0 Å². The molecule has 22 heavy (non-hydrogen) atoms. The van der Waals surface area contributed by atoms with E-state index >= 15 is 0 Å². The van der Waals surface area contributed by atoms with Crippen LogP contribution < -0.4 is 10.1 Å². The molecule has 0 aliphatic heterocycles. The molecule has 1 amide bonds. The quantitative estimate of drug-likeness (QED) is 0.856. The molecule has 2 aromatic rings. The van der Waals surface area contributed by atoms with Gasteiger partial charge in [-0.3, -0.25) is 4.79 Å². The van der Waals surface area contributed by atoms with E-state index in [9.17, 15) is 9.59 Å². The lowest BCUT2D eigenvalue weighted by atomic mass is 10.0. The number of carbonyl (C=O) groups excluding carboxylic acids is 1. The van der Waals surface area contributed by atoms with Crippen LogP contribution in [0.5, 0.6) is 5.75 Å². The smallest absolute Gasteiger partial charge is 0.326 e. The predicted octanol–water partition coefficient (Wildman–Crippen LogP) is 2.67. The lowest BCUT2D eigenvalue weighted by Gasteiger charge is -2.15. The van der Waals surface area contributed by atoms with Crippen molar-refractivity contribution >= 4 is 22.8 Å². The summed E-state index contributed by atoms with van der Waals surface area (Å²) in [4.78, 5) is 23.4. The number of hydrogen-bond donors (Lipinski definition) is 2. The number of aliphatic carboxylic acids is 1. The second-order valence-corrected chi connectivity index (χ2v) is 5.51. The Balaban J connectivity index is 2.19. The van der Waals surface area contributed by atoms with Gasteiger partial charge in [0.1, 0.15) is 17.4 Å². The number of methoxy groups -OCH3 is 1. The summed E-state index contributed by atoms with van der Waals surface area (Å²) in [6.07, 6.45) is 0.356. The van der Waals surface area contributed by atoms with Crippen molar-refractivity contribution in [1.29, 1.82) is 0 Å². The number of benzene rings is 1. The molecule has 0 saturated heterocycles. The maximum atomic E-state index is 12.2. The van der Waals surface area contributed by atoms with Gasteiger partial charge in [0.25, 0.3) is 5.91 Å². The molecular formula is C16H19NO5. The Morgan fingerprint density at radius 2 is 2.05 bits per heavy atom. The average Bonchev–Trinajstić information content (AvgIpc) is 2.88. The van der Waals surface area contributed by atoms with Gasteiger partial charge in [-0.05, 0) is 30.5 Å². The van der Waals surface area contributed by atoms with E-state index in [1.54, 1.807) is 31.4 Å². The van der Waals surface area contributed by atoms with Gasteiger partial charge in [-0.25, -0.2) is 4.79 Å². The van der Waals surface area contributed by atoms with E-state index < -0.39 is 17.9 Å². The molecule has 0 radical (unpaired) electrons. The number of fused-ring (bicyclic) bond motifs is 1. The Hall–Kier alpha value is -2.50. The summed E-state index contributed by atoms with van der Waals surface area (Å²) < 4.78 is 10.6. The number of amides is 1. The zero-order valence-electron chi connectivity index (χ0n) is 12.8. The van der Waals surface area contributed by atoms with E-state index in [0.717, 1.165) is 5.39 Å². The Kier molecular flexibility index (Phi) is 4.70. The highest BCUT2D eigenvalue weighted by molar-refractivity contribution is 5.98. The van der Waals surface area contributed by atoms with Gasteiger partial charge in [0, 0.05) is 11.5 Å². The first kappa shape index (κ1) is 15.9. The fourth-order valence-electron chi connectivity index (χ4n) is 2.17. The largest absolute Gasteiger partial charge is 0.497 e.